The number of piperazine rings is 1. The topological polar surface area (TPSA) is 50.3 Å². The standard InChI is InChI=1S/C17H22N4OS.ClH/c1-3-13(9-18-5-1)15-11-19-6-7-21(15)12-14-10-20-17(23-14)16-4-2-8-22-16;/h1,3,5,9-10,15-16,19H,2,4,6-8,11-12H2;1H. The van der Waals surface area contributed by atoms with Crippen LogP contribution < -0.4 is 5.32 Å². The monoisotopic (exact) mass is 366 g/mol. The summed E-state index contributed by atoms with van der Waals surface area (Å²) < 4.78 is 5.75. The molecule has 7 heteroatoms. The maximum Gasteiger partial charge on any atom is 0.122 e. The summed E-state index contributed by atoms with van der Waals surface area (Å²) in [6.45, 7) is 4.88. The molecule has 1 N–H and O–H groups in total. The molecule has 2 aromatic heterocycles. The highest BCUT2D eigenvalue weighted by Gasteiger charge is 2.26. The molecule has 4 heterocycles. The van der Waals surface area contributed by atoms with E-state index in [1.165, 1.54) is 10.4 Å². The Labute approximate surface area is 152 Å². The van der Waals surface area contributed by atoms with E-state index in [-0.39, 0.29) is 18.5 Å². The van der Waals surface area contributed by atoms with Gasteiger partial charge in [0, 0.05) is 62.3 Å². The Kier molecular flexibility index (Phi) is 6.19. The molecule has 0 spiro atoms. The molecular weight excluding hydrogens is 344 g/mol. The molecule has 4 rings (SSSR count). The molecule has 2 fully saturated rings. The molecule has 24 heavy (non-hydrogen) atoms. The van der Waals surface area contributed by atoms with Gasteiger partial charge in [0.05, 0.1) is 0 Å². The number of nitrogens with one attached hydrogen (secondary N) is 1. The molecule has 5 nitrogen and oxygen atoms in total. The Balaban J connectivity index is 0.00000169. The zero-order chi connectivity index (χ0) is 15.5. The minimum atomic E-state index is 0. The molecule has 2 aliphatic heterocycles. The van der Waals surface area contributed by atoms with Crippen molar-refractivity contribution in [2.24, 2.45) is 0 Å². The van der Waals surface area contributed by atoms with Crippen LogP contribution in [0.3, 0.4) is 0 Å². The van der Waals surface area contributed by atoms with Gasteiger partial charge in [0.25, 0.3) is 0 Å². The fraction of sp³-hybridized carbons (Fsp3) is 0.529. The first-order valence-electron chi connectivity index (χ1n) is 8.31. The Morgan fingerprint density at radius 3 is 3.12 bits per heavy atom. The normalized spacial score (nSPS) is 24.7. The third-order valence-electron chi connectivity index (χ3n) is 4.56. The van der Waals surface area contributed by atoms with Crippen molar-refractivity contribution in [2.75, 3.05) is 26.2 Å². The first-order chi connectivity index (χ1) is 11.4. The number of ether oxygens (including phenoxy) is 1. The van der Waals surface area contributed by atoms with Gasteiger partial charge in [-0.1, -0.05) is 6.07 Å². The van der Waals surface area contributed by atoms with Crippen molar-refractivity contribution in [2.45, 2.75) is 31.5 Å². The molecule has 0 aliphatic carbocycles. The first-order valence-corrected chi connectivity index (χ1v) is 9.13. The van der Waals surface area contributed by atoms with Gasteiger partial charge in [-0.05, 0) is 24.5 Å². The number of hydrogen-bond acceptors (Lipinski definition) is 6. The first kappa shape index (κ1) is 17.8. The Bertz CT molecular complexity index is 633. The van der Waals surface area contributed by atoms with E-state index in [0.717, 1.165) is 50.6 Å². The molecule has 2 aromatic rings. The number of nitrogens with zero attached hydrogens (tertiary/aromatic N) is 3. The average Bonchev–Trinajstić information content (AvgIpc) is 3.27. The average molecular weight is 367 g/mol. The fourth-order valence-corrected chi connectivity index (χ4v) is 4.38. The van der Waals surface area contributed by atoms with E-state index in [9.17, 15) is 0 Å². The summed E-state index contributed by atoms with van der Waals surface area (Å²) in [6, 6.07) is 4.57. The van der Waals surface area contributed by atoms with Gasteiger partial charge in [-0.15, -0.1) is 23.7 Å². The Hall–Kier alpha value is -1.05. The van der Waals surface area contributed by atoms with Crippen molar-refractivity contribution in [1.82, 2.24) is 20.2 Å². The molecular formula is C17H23ClN4OS. The van der Waals surface area contributed by atoms with E-state index in [2.05, 4.69) is 26.3 Å². The number of rotatable bonds is 4. The number of pyridine rings is 1. The third kappa shape index (κ3) is 3.95. The van der Waals surface area contributed by atoms with E-state index >= 15 is 0 Å². The SMILES string of the molecule is Cl.c1cncc(C2CNCCN2Cc2cnc(C3CCCO3)s2)c1. The van der Waals surface area contributed by atoms with Crippen molar-refractivity contribution in [1.29, 1.82) is 0 Å². The summed E-state index contributed by atoms with van der Waals surface area (Å²) in [4.78, 5) is 12.7. The zero-order valence-electron chi connectivity index (χ0n) is 13.6. The van der Waals surface area contributed by atoms with Crippen LogP contribution in [-0.2, 0) is 11.3 Å². The highest BCUT2D eigenvalue weighted by Crippen LogP contribution is 2.32. The highest BCUT2D eigenvalue weighted by atomic mass is 35.5. The molecule has 2 unspecified atom stereocenters. The Morgan fingerprint density at radius 2 is 2.33 bits per heavy atom. The van der Waals surface area contributed by atoms with Crippen LogP contribution in [0.15, 0.2) is 30.7 Å². The summed E-state index contributed by atoms with van der Waals surface area (Å²) in [5, 5.41) is 4.64. The van der Waals surface area contributed by atoms with Crippen molar-refractivity contribution in [3.8, 4) is 0 Å². The number of halogens is 1. The Morgan fingerprint density at radius 1 is 1.38 bits per heavy atom. The van der Waals surface area contributed by atoms with Crippen LogP contribution in [0, 0.1) is 0 Å². The lowest BCUT2D eigenvalue weighted by molar-refractivity contribution is 0.111. The van der Waals surface area contributed by atoms with Gasteiger partial charge in [0.1, 0.15) is 11.1 Å². The second-order valence-electron chi connectivity index (χ2n) is 6.14. The summed E-state index contributed by atoms with van der Waals surface area (Å²) in [5.74, 6) is 0. The predicted octanol–water partition coefficient (Wildman–Crippen LogP) is 2.96. The van der Waals surface area contributed by atoms with E-state index in [4.69, 9.17) is 4.74 Å². The van der Waals surface area contributed by atoms with E-state index in [1.807, 2.05) is 36.0 Å². The number of hydrogen-bond donors (Lipinski definition) is 1. The van der Waals surface area contributed by atoms with Crippen molar-refractivity contribution < 1.29 is 4.74 Å². The molecule has 0 radical (unpaired) electrons. The van der Waals surface area contributed by atoms with Gasteiger partial charge >= 0.3 is 0 Å². The van der Waals surface area contributed by atoms with Gasteiger partial charge in [-0.25, -0.2) is 4.98 Å². The van der Waals surface area contributed by atoms with Crippen LogP contribution in [0.2, 0.25) is 0 Å². The summed E-state index contributed by atoms with van der Waals surface area (Å²) in [6.07, 6.45) is 8.34. The largest absolute Gasteiger partial charge is 0.371 e. The van der Waals surface area contributed by atoms with E-state index < -0.39 is 0 Å². The summed E-state index contributed by atoms with van der Waals surface area (Å²) >= 11 is 1.81. The van der Waals surface area contributed by atoms with Gasteiger partial charge < -0.3 is 10.1 Å². The van der Waals surface area contributed by atoms with Crippen molar-refractivity contribution >= 4 is 23.7 Å². The zero-order valence-corrected chi connectivity index (χ0v) is 15.2. The van der Waals surface area contributed by atoms with Gasteiger partial charge in [0.15, 0.2) is 0 Å². The smallest absolute Gasteiger partial charge is 0.122 e. The lowest BCUT2D eigenvalue weighted by Gasteiger charge is -2.36. The molecule has 2 saturated heterocycles. The van der Waals surface area contributed by atoms with Crippen molar-refractivity contribution in [3.63, 3.8) is 0 Å². The fourth-order valence-electron chi connectivity index (χ4n) is 3.35. The van der Waals surface area contributed by atoms with Crippen LogP contribution >= 0.6 is 23.7 Å². The molecule has 2 aliphatic rings. The molecule has 0 aromatic carbocycles. The highest BCUT2D eigenvalue weighted by molar-refractivity contribution is 7.11. The van der Waals surface area contributed by atoms with Gasteiger partial charge in [0.2, 0.25) is 0 Å². The molecule has 0 bridgehead atoms. The van der Waals surface area contributed by atoms with Crippen molar-refractivity contribution in [3.05, 3.63) is 46.2 Å². The predicted molar refractivity (Wildman–Crippen MR) is 97.5 cm³/mol. The second kappa shape index (κ2) is 8.36. The molecule has 0 amide bonds. The minimum Gasteiger partial charge on any atom is -0.371 e. The maximum absolute atomic E-state index is 5.75. The second-order valence-corrected chi connectivity index (χ2v) is 7.29. The molecule has 130 valence electrons. The summed E-state index contributed by atoms with van der Waals surface area (Å²) in [7, 11) is 0. The molecule has 2 atom stereocenters. The lowest BCUT2D eigenvalue weighted by atomic mass is 10.1. The van der Waals surface area contributed by atoms with Crippen LogP contribution in [0.25, 0.3) is 0 Å². The minimum absolute atomic E-state index is 0. The van der Waals surface area contributed by atoms with Crippen LogP contribution in [0.4, 0.5) is 0 Å². The van der Waals surface area contributed by atoms with Gasteiger partial charge in [-0.2, -0.15) is 0 Å². The maximum atomic E-state index is 5.75. The van der Waals surface area contributed by atoms with Crippen LogP contribution in [0.1, 0.15) is 40.4 Å². The number of thiazole rings is 1. The molecule has 0 saturated carbocycles. The van der Waals surface area contributed by atoms with E-state index in [0.29, 0.717) is 6.04 Å². The quantitative estimate of drug-likeness (QED) is 0.901. The lowest BCUT2D eigenvalue weighted by Crippen LogP contribution is -2.45. The summed E-state index contributed by atoms with van der Waals surface area (Å²) in [5.41, 5.74) is 1.28. The third-order valence-corrected chi connectivity index (χ3v) is 5.63. The van der Waals surface area contributed by atoms with Gasteiger partial charge in [-0.3, -0.25) is 9.88 Å². The van der Waals surface area contributed by atoms with Crippen LogP contribution in [-0.4, -0.2) is 41.1 Å². The van der Waals surface area contributed by atoms with E-state index in [1.54, 1.807) is 0 Å². The van der Waals surface area contributed by atoms with Crippen LogP contribution in [0.5, 0.6) is 0 Å². The number of aromatic nitrogens is 2.